The summed E-state index contributed by atoms with van der Waals surface area (Å²) in [5, 5.41) is 3.83. The van der Waals surface area contributed by atoms with Crippen LogP contribution in [0.2, 0.25) is 0 Å². The minimum absolute atomic E-state index is 0.435. The van der Waals surface area contributed by atoms with Crippen molar-refractivity contribution in [3.05, 3.63) is 0 Å². The highest BCUT2D eigenvalue weighted by Gasteiger charge is 2.43. The quantitative estimate of drug-likeness (QED) is 0.793. The molecule has 0 radical (unpaired) electrons. The first-order valence-electron chi connectivity index (χ1n) is 7.20. The first kappa shape index (κ1) is 12.4. The summed E-state index contributed by atoms with van der Waals surface area (Å²) in [6, 6.07) is 1.49. The molecular weight excluding hydrogens is 196 g/mol. The zero-order valence-corrected chi connectivity index (χ0v) is 11.3. The second-order valence-corrected chi connectivity index (χ2v) is 5.88. The van der Waals surface area contributed by atoms with Gasteiger partial charge in [-0.25, -0.2) is 0 Å². The van der Waals surface area contributed by atoms with Gasteiger partial charge in [-0.15, -0.1) is 0 Å². The molecule has 0 saturated carbocycles. The normalized spacial score (nSPS) is 37.1. The summed E-state index contributed by atoms with van der Waals surface area (Å²) >= 11 is 0. The van der Waals surface area contributed by atoms with Crippen LogP contribution in [0.5, 0.6) is 0 Å². The van der Waals surface area contributed by atoms with Crippen LogP contribution in [0.1, 0.15) is 59.3 Å². The highest BCUT2D eigenvalue weighted by molar-refractivity contribution is 5.03. The molecule has 2 aliphatic rings. The number of likely N-dealkylation sites (tertiary alicyclic amines) is 1. The molecule has 2 heterocycles. The van der Waals surface area contributed by atoms with Crippen molar-refractivity contribution in [3.8, 4) is 0 Å². The predicted molar refractivity (Wildman–Crippen MR) is 69.7 cm³/mol. The third-order valence-electron chi connectivity index (χ3n) is 4.75. The van der Waals surface area contributed by atoms with Gasteiger partial charge in [0.05, 0.1) is 0 Å². The molecular formula is C14H28N2. The van der Waals surface area contributed by atoms with Crippen molar-refractivity contribution in [1.29, 1.82) is 0 Å². The van der Waals surface area contributed by atoms with Gasteiger partial charge in [0.2, 0.25) is 0 Å². The molecule has 0 aromatic carbocycles. The van der Waals surface area contributed by atoms with Crippen LogP contribution in [-0.2, 0) is 0 Å². The van der Waals surface area contributed by atoms with Gasteiger partial charge in [0.25, 0.3) is 0 Å². The first-order chi connectivity index (χ1) is 7.69. The van der Waals surface area contributed by atoms with Gasteiger partial charge in [-0.1, -0.05) is 13.3 Å². The van der Waals surface area contributed by atoms with Crippen molar-refractivity contribution in [2.24, 2.45) is 0 Å². The lowest BCUT2D eigenvalue weighted by atomic mass is 9.79. The van der Waals surface area contributed by atoms with Gasteiger partial charge in [-0.2, -0.15) is 0 Å². The van der Waals surface area contributed by atoms with E-state index in [1.54, 1.807) is 0 Å². The molecule has 1 N–H and O–H groups in total. The standard InChI is InChI=1S/C14H28N2/c1-4-14(9-7-10-15-14)13-8-5-6-11-16(13)12(2)3/h12-13,15H,4-11H2,1-3H3. The molecule has 2 aliphatic heterocycles. The summed E-state index contributed by atoms with van der Waals surface area (Å²) in [5.41, 5.74) is 0.435. The maximum Gasteiger partial charge on any atom is 0.0335 e. The summed E-state index contributed by atoms with van der Waals surface area (Å²) in [6.07, 6.45) is 8.28. The van der Waals surface area contributed by atoms with Crippen molar-refractivity contribution in [2.75, 3.05) is 13.1 Å². The number of rotatable bonds is 3. The second-order valence-electron chi connectivity index (χ2n) is 5.88. The Morgan fingerprint density at radius 1 is 1.31 bits per heavy atom. The Labute approximate surface area is 101 Å². The van der Waals surface area contributed by atoms with Crippen LogP contribution in [0.15, 0.2) is 0 Å². The molecule has 2 fully saturated rings. The van der Waals surface area contributed by atoms with Crippen molar-refractivity contribution < 1.29 is 0 Å². The molecule has 2 heteroatoms. The van der Waals surface area contributed by atoms with Crippen LogP contribution < -0.4 is 5.32 Å². The van der Waals surface area contributed by atoms with E-state index < -0.39 is 0 Å². The van der Waals surface area contributed by atoms with E-state index in [2.05, 4.69) is 31.0 Å². The Morgan fingerprint density at radius 2 is 2.12 bits per heavy atom. The molecule has 0 aromatic rings. The van der Waals surface area contributed by atoms with E-state index in [1.165, 1.54) is 51.6 Å². The fourth-order valence-corrected chi connectivity index (χ4v) is 3.82. The van der Waals surface area contributed by atoms with Gasteiger partial charge < -0.3 is 5.32 Å². The van der Waals surface area contributed by atoms with E-state index in [4.69, 9.17) is 0 Å². The minimum Gasteiger partial charge on any atom is -0.310 e. The number of nitrogens with zero attached hydrogens (tertiary/aromatic N) is 1. The molecule has 2 rings (SSSR count). The lowest BCUT2D eigenvalue weighted by Crippen LogP contribution is -2.60. The van der Waals surface area contributed by atoms with Crippen LogP contribution in [0.3, 0.4) is 0 Å². The van der Waals surface area contributed by atoms with Crippen molar-refractivity contribution in [2.45, 2.75) is 76.9 Å². The van der Waals surface area contributed by atoms with Crippen LogP contribution in [0.4, 0.5) is 0 Å². The first-order valence-corrected chi connectivity index (χ1v) is 7.20. The average molecular weight is 224 g/mol. The summed E-state index contributed by atoms with van der Waals surface area (Å²) in [7, 11) is 0. The van der Waals surface area contributed by atoms with Gasteiger partial charge in [-0.05, 0) is 59.0 Å². The average Bonchev–Trinajstić information content (AvgIpc) is 2.78. The Morgan fingerprint density at radius 3 is 2.69 bits per heavy atom. The molecule has 2 saturated heterocycles. The van der Waals surface area contributed by atoms with Crippen molar-refractivity contribution in [1.82, 2.24) is 10.2 Å². The van der Waals surface area contributed by atoms with Crippen molar-refractivity contribution in [3.63, 3.8) is 0 Å². The highest BCUT2D eigenvalue weighted by Crippen LogP contribution is 2.35. The van der Waals surface area contributed by atoms with Crippen molar-refractivity contribution >= 4 is 0 Å². The SMILES string of the molecule is CCC1(C2CCCCN2C(C)C)CCCN1. The molecule has 0 aliphatic carbocycles. The number of piperidine rings is 1. The molecule has 0 amide bonds. The van der Waals surface area contributed by atoms with E-state index in [0.29, 0.717) is 11.6 Å². The molecule has 16 heavy (non-hydrogen) atoms. The summed E-state index contributed by atoms with van der Waals surface area (Å²) in [4.78, 5) is 2.76. The molecule has 0 bridgehead atoms. The maximum atomic E-state index is 3.83. The molecule has 2 atom stereocenters. The van der Waals surface area contributed by atoms with E-state index in [-0.39, 0.29) is 0 Å². The Hall–Kier alpha value is -0.0800. The zero-order valence-electron chi connectivity index (χ0n) is 11.3. The summed E-state index contributed by atoms with van der Waals surface area (Å²) < 4.78 is 0. The molecule has 0 spiro atoms. The predicted octanol–water partition coefficient (Wildman–Crippen LogP) is 2.78. The minimum atomic E-state index is 0.435. The topological polar surface area (TPSA) is 15.3 Å². The Kier molecular flexibility index (Phi) is 3.91. The third-order valence-corrected chi connectivity index (χ3v) is 4.75. The number of hydrogen-bond donors (Lipinski definition) is 1. The lowest BCUT2D eigenvalue weighted by molar-refractivity contribution is 0.0432. The van der Waals surface area contributed by atoms with E-state index in [0.717, 1.165) is 6.04 Å². The summed E-state index contributed by atoms with van der Waals surface area (Å²) in [5.74, 6) is 0. The molecule has 2 nitrogen and oxygen atoms in total. The van der Waals surface area contributed by atoms with Gasteiger partial charge in [-0.3, -0.25) is 4.90 Å². The lowest BCUT2D eigenvalue weighted by Gasteiger charge is -2.48. The van der Waals surface area contributed by atoms with Gasteiger partial charge in [0.15, 0.2) is 0 Å². The maximum absolute atomic E-state index is 3.83. The van der Waals surface area contributed by atoms with Crippen LogP contribution in [0, 0.1) is 0 Å². The fraction of sp³-hybridized carbons (Fsp3) is 1.00. The zero-order chi connectivity index (χ0) is 11.6. The highest BCUT2D eigenvalue weighted by atomic mass is 15.2. The van der Waals surface area contributed by atoms with Gasteiger partial charge in [0, 0.05) is 17.6 Å². The molecule has 94 valence electrons. The Balaban J connectivity index is 2.14. The summed E-state index contributed by atoms with van der Waals surface area (Å²) in [6.45, 7) is 9.63. The molecule has 2 unspecified atom stereocenters. The van der Waals surface area contributed by atoms with Crippen LogP contribution in [0.25, 0.3) is 0 Å². The Bertz CT molecular complexity index is 219. The van der Waals surface area contributed by atoms with Crippen LogP contribution in [-0.4, -0.2) is 35.6 Å². The molecule has 0 aromatic heterocycles. The monoisotopic (exact) mass is 224 g/mol. The third kappa shape index (κ3) is 2.14. The van der Waals surface area contributed by atoms with E-state index in [1.807, 2.05) is 0 Å². The smallest absolute Gasteiger partial charge is 0.0335 e. The fourth-order valence-electron chi connectivity index (χ4n) is 3.82. The van der Waals surface area contributed by atoms with Gasteiger partial charge in [0.1, 0.15) is 0 Å². The van der Waals surface area contributed by atoms with E-state index in [9.17, 15) is 0 Å². The van der Waals surface area contributed by atoms with E-state index >= 15 is 0 Å². The number of hydrogen-bond acceptors (Lipinski definition) is 2. The largest absolute Gasteiger partial charge is 0.310 e. The number of nitrogens with one attached hydrogen (secondary N) is 1. The van der Waals surface area contributed by atoms with Gasteiger partial charge >= 0.3 is 0 Å². The van der Waals surface area contributed by atoms with Crippen LogP contribution >= 0.6 is 0 Å². The second kappa shape index (κ2) is 5.05.